The highest BCUT2D eigenvalue weighted by Crippen LogP contribution is 2.10. The van der Waals surface area contributed by atoms with Gasteiger partial charge < -0.3 is 4.74 Å². The van der Waals surface area contributed by atoms with Crippen LogP contribution in [0.1, 0.15) is 29.4 Å². The minimum absolute atomic E-state index is 0.0792. The minimum atomic E-state index is -0.256. The molecule has 17 heavy (non-hydrogen) atoms. The molecule has 0 aromatic carbocycles. The normalized spacial score (nSPS) is 10.0. The van der Waals surface area contributed by atoms with Gasteiger partial charge in [0.15, 0.2) is 5.78 Å². The third-order valence-corrected chi connectivity index (χ3v) is 2.69. The van der Waals surface area contributed by atoms with E-state index in [1.54, 1.807) is 19.2 Å². The number of esters is 1. The molecule has 0 saturated carbocycles. The van der Waals surface area contributed by atoms with E-state index >= 15 is 0 Å². The predicted molar refractivity (Wildman–Crippen MR) is 67.3 cm³/mol. The Bertz CT molecular complexity index is 406. The first-order valence-corrected chi connectivity index (χ1v) is 6.49. The summed E-state index contributed by atoms with van der Waals surface area (Å²) in [6, 6.07) is 3.56. The van der Waals surface area contributed by atoms with Gasteiger partial charge in [0.1, 0.15) is 5.69 Å². The van der Waals surface area contributed by atoms with Crippen molar-refractivity contribution in [3.63, 3.8) is 0 Å². The maximum Gasteiger partial charge on any atom is 0.306 e. The Morgan fingerprint density at radius 2 is 2.24 bits per heavy atom. The van der Waals surface area contributed by atoms with E-state index in [0.717, 1.165) is 5.56 Å². The third kappa shape index (κ3) is 4.26. The van der Waals surface area contributed by atoms with Gasteiger partial charge in [0.2, 0.25) is 0 Å². The topological polar surface area (TPSA) is 56.3 Å². The Balaban J connectivity index is 2.70. The summed E-state index contributed by atoms with van der Waals surface area (Å²) in [5, 5.41) is 0.233. The van der Waals surface area contributed by atoms with Crippen LogP contribution in [-0.4, -0.2) is 28.7 Å². The van der Waals surface area contributed by atoms with Gasteiger partial charge in [-0.25, -0.2) is 0 Å². The molecule has 0 aliphatic carbocycles. The lowest BCUT2D eigenvalue weighted by molar-refractivity contribution is -0.143. The average Bonchev–Trinajstić information content (AvgIpc) is 2.36. The molecule has 0 atom stereocenters. The first-order chi connectivity index (χ1) is 8.19. The van der Waals surface area contributed by atoms with Crippen LogP contribution in [0.25, 0.3) is 0 Å². The highest BCUT2D eigenvalue weighted by molar-refractivity contribution is 9.09. The summed E-state index contributed by atoms with van der Waals surface area (Å²) in [7, 11) is 0. The van der Waals surface area contributed by atoms with E-state index in [1.165, 1.54) is 0 Å². The van der Waals surface area contributed by atoms with Crippen LogP contribution < -0.4 is 0 Å². The lowest BCUT2D eigenvalue weighted by atomic mass is 10.1. The standard InChI is InChI=1S/C12H14BrNO3/c1-2-17-11(16)6-5-9-4-3-7-14-12(9)10(15)8-13/h3-4,7H,2,5-6,8H2,1H3. The number of carbonyl (C=O) groups is 2. The maximum absolute atomic E-state index is 11.6. The zero-order valence-corrected chi connectivity index (χ0v) is 11.2. The molecule has 1 heterocycles. The van der Waals surface area contributed by atoms with Gasteiger partial charge in [-0.2, -0.15) is 0 Å². The van der Waals surface area contributed by atoms with Crippen LogP contribution >= 0.6 is 15.9 Å². The number of carbonyl (C=O) groups excluding carboxylic acids is 2. The van der Waals surface area contributed by atoms with E-state index in [2.05, 4.69) is 20.9 Å². The van der Waals surface area contributed by atoms with Crippen molar-refractivity contribution in [2.75, 3.05) is 11.9 Å². The number of hydrogen-bond donors (Lipinski definition) is 0. The van der Waals surface area contributed by atoms with Crippen molar-refractivity contribution >= 4 is 27.7 Å². The Kier molecular flexibility index (Phi) is 5.83. The van der Waals surface area contributed by atoms with E-state index in [4.69, 9.17) is 4.74 Å². The van der Waals surface area contributed by atoms with Gasteiger partial charge in [0, 0.05) is 12.6 Å². The Morgan fingerprint density at radius 1 is 1.47 bits per heavy atom. The average molecular weight is 300 g/mol. The molecular weight excluding hydrogens is 286 g/mol. The van der Waals surface area contributed by atoms with E-state index in [1.807, 2.05) is 6.07 Å². The molecule has 0 spiro atoms. The summed E-state index contributed by atoms with van der Waals surface area (Å²) in [5.74, 6) is -0.335. The van der Waals surface area contributed by atoms with Crippen molar-refractivity contribution in [3.05, 3.63) is 29.6 Å². The number of hydrogen-bond acceptors (Lipinski definition) is 4. The number of alkyl halides is 1. The fourth-order valence-electron chi connectivity index (χ4n) is 1.42. The zero-order valence-electron chi connectivity index (χ0n) is 9.61. The Morgan fingerprint density at radius 3 is 2.88 bits per heavy atom. The number of ketones is 1. The number of pyridine rings is 1. The first kappa shape index (κ1) is 13.8. The van der Waals surface area contributed by atoms with E-state index in [0.29, 0.717) is 18.7 Å². The van der Waals surface area contributed by atoms with E-state index < -0.39 is 0 Å². The number of Topliss-reactive ketones (excluding diaryl/α,β-unsaturated/α-hetero) is 1. The number of nitrogens with zero attached hydrogens (tertiary/aromatic N) is 1. The minimum Gasteiger partial charge on any atom is -0.466 e. The van der Waals surface area contributed by atoms with Gasteiger partial charge in [0.05, 0.1) is 11.9 Å². The molecule has 4 nitrogen and oxygen atoms in total. The van der Waals surface area contributed by atoms with Gasteiger partial charge in [0.25, 0.3) is 0 Å². The van der Waals surface area contributed by atoms with Crippen LogP contribution in [0, 0.1) is 0 Å². The number of aryl methyl sites for hydroxylation is 1. The van der Waals surface area contributed by atoms with Crippen molar-refractivity contribution in [1.82, 2.24) is 4.98 Å². The van der Waals surface area contributed by atoms with Crippen LogP contribution in [0.4, 0.5) is 0 Å². The molecule has 0 N–H and O–H groups in total. The molecule has 0 aliphatic rings. The number of ether oxygens (including phenoxy) is 1. The molecular formula is C12H14BrNO3. The molecule has 0 amide bonds. The lowest BCUT2D eigenvalue weighted by Crippen LogP contribution is -2.10. The van der Waals surface area contributed by atoms with E-state index in [9.17, 15) is 9.59 Å². The smallest absolute Gasteiger partial charge is 0.306 e. The van der Waals surface area contributed by atoms with Crippen molar-refractivity contribution in [3.8, 4) is 0 Å². The second kappa shape index (κ2) is 7.17. The lowest BCUT2D eigenvalue weighted by Gasteiger charge is -2.06. The fourth-order valence-corrected chi connectivity index (χ4v) is 1.69. The quantitative estimate of drug-likeness (QED) is 0.459. The van der Waals surface area contributed by atoms with Crippen LogP contribution in [0.3, 0.4) is 0 Å². The first-order valence-electron chi connectivity index (χ1n) is 5.37. The van der Waals surface area contributed by atoms with Gasteiger partial charge in [-0.3, -0.25) is 14.6 Å². The zero-order chi connectivity index (χ0) is 12.7. The summed E-state index contributed by atoms with van der Waals surface area (Å²) in [6.45, 7) is 2.14. The second-order valence-corrected chi connectivity index (χ2v) is 3.93. The summed E-state index contributed by atoms with van der Waals surface area (Å²) >= 11 is 3.11. The fraction of sp³-hybridized carbons (Fsp3) is 0.417. The molecule has 0 bridgehead atoms. The van der Waals surface area contributed by atoms with Crippen molar-refractivity contribution in [2.45, 2.75) is 19.8 Å². The van der Waals surface area contributed by atoms with Crippen molar-refractivity contribution in [1.29, 1.82) is 0 Å². The SMILES string of the molecule is CCOC(=O)CCc1cccnc1C(=O)CBr. The molecule has 0 saturated heterocycles. The summed E-state index contributed by atoms with van der Waals surface area (Å²) < 4.78 is 4.84. The van der Waals surface area contributed by atoms with E-state index in [-0.39, 0.29) is 23.5 Å². The summed E-state index contributed by atoms with van der Waals surface area (Å²) in [6.07, 6.45) is 2.31. The monoisotopic (exact) mass is 299 g/mol. The van der Waals surface area contributed by atoms with Gasteiger partial charge in [-0.05, 0) is 25.0 Å². The molecule has 1 aromatic rings. The molecule has 0 unspecified atom stereocenters. The van der Waals surface area contributed by atoms with Crippen molar-refractivity contribution in [2.24, 2.45) is 0 Å². The second-order valence-electron chi connectivity index (χ2n) is 3.37. The highest BCUT2D eigenvalue weighted by Gasteiger charge is 2.12. The molecule has 1 aromatic heterocycles. The molecule has 1 rings (SSSR count). The number of halogens is 1. The number of rotatable bonds is 6. The molecule has 92 valence electrons. The predicted octanol–water partition coefficient (Wildman–Crippen LogP) is 2.15. The Labute approximate surface area is 109 Å². The molecule has 0 fully saturated rings. The van der Waals surface area contributed by atoms with Gasteiger partial charge >= 0.3 is 5.97 Å². The molecule has 0 aliphatic heterocycles. The van der Waals surface area contributed by atoms with Gasteiger partial charge in [-0.15, -0.1) is 0 Å². The van der Waals surface area contributed by atoms with Crippen LogP contribution in [-0.2, 0) is 16.0 Å². The summed E-state index contributed by atoms with van der Waals surface area (Å²) in [5.41, 5.74) is 1.21. The maximum atomic E-state index is 11.6. The van der Waals surface area contributed by atoms with Crippen LogP contribution in [0.2, 0.25) is 0 Å². The summed E-state index contributed by atoms with van der Waals surface area (Å²) in [4.78, 5) is 26.9. The van der Waals surface area contributed by atoms with Gasteiger partial charge in [-0.1, -0.05) is 22.0 Å². The molecule has 5 heteroatoms. The van der Waals surface area contributed by atoms with Crippen LogP contribution in [0.5, 0.6) is 0 Å². The Hall–Kier alpha value is -1.23. The van der Waals surface area contributed by atoms with Crippen LogP contribution in [0.15, 0.2) is 18.3 Å². The third-order valence-electron chi connectivity index (χ3n) is 2.18. The van der Waals surface area contributed by atoms with Crippen molar-refractivity contribution < 1.29 is 14.3 Å². The molecule has 0 radical (unpaired) electrons. The highest BCUT2D eigenvalue weighted by atomic mass is 79.9. The number of aromatic nitrogens is 1. The largest absolute Gasteiger partial charge is 0.466 e.